The van der Waals surface area contributed by atoms with Crippen molar-refractivity contribution < 1.29 is 23.8 Å². The van der Waals surface area contributed by atoms with Crippen LogP contribution in [0.5, 0.6) is 5.75 Å². The average Bonchev–Trinajstić information content (AvgIpc) is 3.34. The van der Waals surface area contributed by atoms with Gasteiger partial charge in [0.1, 0.15) is 0 Å². The molecule has 1 saturated heterocycles. The lowest BCUT2D eigenvalue weighted by Gasteiger charge is -2.21. The number of carbonyl (C=O) groups is 2. The summed E-state index contributed by atoms with van der Waals surface area (Å²) in [6.45, 7) is 5.69. The van der Waals surface area contributed by atoms with Crippen LogP contribution in [0.2, 0.25) is 0 Å². The number of ketones is 1. The summed E-state index contributed by atoms with van der Waals surface area (Å²) in [7, 11) is 1.46. The fraction of sp³-hybridized carbons (Fsp3) is 0.636. The van der Waals surface area contributed by atoms with Crippen LogP contribution in [-0.4, -0.2) is 47.5 Å². The van der Waals surface area contributed by atoms with E-state index in [0.717, 1.165) is 24.8 Å². The zero-order valence-corrected chi connectivity index (χ0v) is 17.3. The van der Waals surface area contributed by atoms with E-state index in [1.165, 1.54) is 25.0 Å². The van der Waals surface area contributed by atoms with Gasteiger partial charge in [-0.3, -0.25) is 9.59 Å². The minimum absolute atomic E-state index is 0.0393. The summed E-state index contributed by atoms with van der Waals surface area (Å²) >= 11 is 0. The third-order valence-corrected chi connectivity index (χ3v) is 5.58. The summed E-state index contributed by atoms with van der Waals surface area (Å²) in [6.07, 6.45) is 2.93. The number of likely N-dealkylation sites (tertiary alicyclic amines) is 1. The molecule has 1 saturated carbocycles. The number of ether oxygens (including phenoxy) is 1. The summed E-state index contributed by atoms with van der Waals surface area (Å²) in [5.74, 6) is 0.711. The first kappa shape index (κ1) is 22.3. The fourth-order valence-corrected chi connectivity index (χ4v) is 4.05. The van der Waals surface area contributed by atoms with E-state index in [2.05, 4.69) is 0 Å². The number of aliphatic hydroxyl groups excluding tert-OH is 1. The van der Waals surface area contributed by atoms with Crippen molar-refractivity contribution in [3.63, 3.8) is 0 Å². The van der Waals surface area contributed by atoms with Gasteiger partial charge in [-0.25, -0.2) is 4.39 Å². The first-order valence-electron chi connectivity index (χ1n) is 10.2. The highest BCUT2D eigenvalue weighted by Gasteiger charge is 2.39. The van der Waals surface area contributed by atoms with Gasteiger partial charge in [-0.15, -0.1) is 0 Å². The van der Waals surface area contributed by atoms with E-state index in [1.54, 1.807) is 12.1 Å². The summed E-state index contributed by atoms with van der Waals surface area (Å²) in [6, 6.07) is 4.53. The molecule has 0 radical (unpaired) electrons. The van der Waals surface area contributed by atoms with Gasteiger partial charge in [-0.2, -0.15) is 0 Å². The number of halogens is 1. The maximum Gasteiger partial charge on any atom is 0.220 e. The molecule has 28 heavy (non-hydrogen) atoms. The number of β-amino-alcohol motifs (C(OH)–C–C–N with tert-alkyl or cyclic N) is 1. The molecule has 1 aliphatic heterocycles. The van der Waals surface area contributed by atoms with E-state index in [-0.39, 0.29) is 29.8 Å². The molecule has 2 aliphatic rings. The number of rotatable bonds is 7. The second kappa shape index (κ2) is 10.0. The summed E-state index contributed by atoms with van der Waals surface area (Å²) in [5.41, 5.74) is 1.08. The number of hydrogen-bond acceptors (Lipinski definition) is 4. The third kappa shape index (κ3) is 5.31. The molecule has 5 nitrogen and oxygen atoms in total. The van der Waals surface area contributed by atoms with Crippen LogP contribution in [-0.2, 0) is 9.59 Å². The first-order chi connectivity index (χ1) is 13.4. The highest BCUT2D eigenvalue weighted by molar-refractivity contribution is 5.89. The predicted octanol–water partition coefficient (Wildman–Crippen LogP) is 3.69. The van der Waals surface area contributed by atoms with Gasteiger partial charge >= 0.3 is 0 Å². The molecule has 1 amide bonds. The van der Waals surface area contributed by atoms with Crippen LogP contribution in [0.25, 0.3) is 0 Å². The molecule has 6 heteroatoms. The maximum atomic E-state index is 13.5. The molecule has 1 N–H and O–H groups in total. The minimum Gasteiger partial charge on any atom is -0.494 e. The minimum atomic E-state index is -0.603. The second-order valence-corrected chi connectivity index (χ2v) is 7.43. The average molecular weight is 393 g/mol. The molecule has 3 rings (SSSR count). The van der Waals surface area contributed by atoms with Crippen LogP contribution in [0.4, 0.5) is 4.39 Å². The molecule has 1 aromatic rings. The molecule has 0 bridgehead atoms. The molecule has 156 valence electrons. The molecule has 0 aromatic heterocycles. The van der Waals surface area contributed by atoms with Gasteiger partial charge in [0.2, 0.25) is 5.91 Å². The lowest BCUT2D eigenvalue weighted by Crippen LogP contribution is -2.39. The van der Waals surface area contributed by atoms with E-state index in [4.69, 9.17) is 4.74 Å². The van der Waals surface area contributed by atoms with Gasteiger partial charge < -0.3 is 14.7 Å². The van der Waals surface area contributed by atoms with Gasteiger partial charge in [0, 0.05) is 26.3 Å². The summed E-state index contributed by atoms with van der Waals surface area (Å²) in [5, 5.41) is 9.73. The van der Waals surface area contributed by atoms with E-state index in [9.17, 15) is 19.1 Å². The molecular weight excluding hydrogens is 361 g/mol. The SMILES string of the molecule is CC.COc1cc([C@@H]2C[C@H]2CCCC(=O)[C@@H]2C[C@@H](O)CN2C(C)=O)ccc1F. The molecule has 0 spiro atoms. The first-order valence-corrected chi connectivity index (χ1v) is 10.2. The van der Waals surface area contributed by atoms with Crippen molar-refractivity contribution in [3.8, 4) is 5.75 Å². The number of nitrogens with zero attached hydrogens (tertiary/aromatic N) is 1. The van der Waals surface area contributed by atoms with Gasteiger partial charge in [-0.05, 0) is 48.8 Å². The number of carbonyl (C=O) groups excluding carboxylic acids is 2. The van der Waals surface area contributed by atoms with Gasteiger partial charge in [0.05, 0.1) is 19.3 Å². The van der Waals surface area contributed by atoms with Crippen LogP contribution in [0, 0.1) is 11.7 Å². The normalized spacial score (nSPS) is 25.7. The Morgan fingerprint density at radius 3 is 2.64 bits per heavy atom. The van der Waals surface area contributed by atoms with Crippen molar-refractivity contribution in [1.82, 2.24) is 4.90 Å². The van der Waals surface area contributed by atoms with Crippen molar-refractivity contribution in [3.05, 3.63) is 29.6 Å². The maximum absolute atomic E-state index is 13.5. The zero-order chi connectivity index (χ0) is 20.8. The molecular formula is C22H32FNO4. The van der Waals surface area contributed by atoms with Crippen LogP contribution in [0.1, 0.15) is 64.4 Å². The van der Waals surface area contributed by atoms with Crippen molar-refractivity contribution in [2.75, 3.05) is 13.7 Å². The topological polar surface area (TPSA) is 66.8 Å². The summed E-state index contributed by atoms with van der Waals surface area (Å²) in [4.78, 5) is 25.5. The number of hydrogen-bond donors (Lipinski definition) is 1. The van der Waals surface area contributed by atoms with E-state index >= 15 is 0 Å². The van der Waals surface area contributed by atoms with Crippen molar-refractivity contribution in [2.45, 2.75) is 70.9 Å². The molecule has 1 aromatic carbocycles. The van der Waals surface area contributed by atoms with Gasteiger partial charge in [0.25, 0.3) is 0 Å². The Kier molecular flexibility index (Phi) is 7.98. The van der Waals surface area contributed by atoms with Crippen LogP contribution in [0.15, 0.2) is 18.2 Å². The Balaban J connectivity index is 0.00000136. The van der Waals surface area contributed by atoms with E-state index in [0.29, 0.717) is 24.7 Å². The van der Waals surface area contributed by atoms with Crippen LogP contribution < -0.4 is 4.74 Å². The number of methoxy groups -OCH3 is 1. The second-order valence-electron chi connectivity index (χ2n) is 7.43. The van der Waals surface area contributed by atoms with Crippen LogP contribution in [0.3, 0.4) is 0 Å². The molecule has 2 fully saturated rings. The monoisotopic (exact) mass is 393 g/mol. The number of Topliss-reactive ketones (excluding diaryl/α,β-unsaturated/α-hetero) is 1. The van der Waals surface area contributed by atoms with Crippen molar-refractivity contribution in [2.24, 2.45) is 5.92 Å². The van der Waals surface area contributed by atoms with Crippen molar-refractivity contribution in [1.29, 1.82) is 0 Å². The lowest BCUT2D eigenvalue weighted by molar-refractivity contribution is -0.136. The summed E-state index contributed by atoms with van der Waals surface area (Å²) < 4.78 is 18.5. The smallest absolute Gasteiger partial charge is 0.220 e. The Morgan fingerprint density at radius 1 is 1.29 bits per heavy atom. The third-order valence-electron chi connectivity index (χ3n) is 5.58. The Bertz CT molecular complexity index is 693. The van der Waals surface area contributed by atoms with Gasteiger partial charge in [0.15, 0.2) is 17.3 Å². The highest BCUT2D eigenvalue weighted by atomic mass is 19.1. The van der Waals surface area contributed by atoms with E-state index < -0.39 is 12.1 Å². The highest BCUT2D eigenvalue weighted by Crippen LogP contribution is 2.51. The van der Waals surface area contributed by atoms with Gasteiger partial charge in [-0.1, -0.05) is 19.9 Å². The molecule has 1 heterocycles. The Morgan fingerprint density at radius 2 is 2.00 bits per heavy atom. The Labute approximate surface area is 166 Å². The van der Waals surface area contributed by atoms with E-state index in [1.807, 2.05) is 13.8 Å². The number of amides is 1. The molecule has 0 unspecified atom stereocenters. The number of benzene rings is 1. The lowest BCUT2D eigenvalue weighted by atomic mass is 10.0. The quantitative estimate of drug-likeness (QED) is 0.767. The zero-order valence-electron chi connectivity index (χ0n) is 17.3. The largest absolute Gasteiger partial charge is 0.494 e. The molecule has 4 atom stereocenters. The van der Waals surface area contributed by atoms with Crippen molar-refractivity contribution >= 4 is 11.7 Å². The molecule has 1 aliphatic carbocycles. The fourth-order valence-electron chi connectivity index (χ4n) is 4.05. The Hall–Kier alpha value is -1.95. The van der Waals surface area contributed by atoms with Crippen LogP contribution >= 0.6 is 0 Å². The predicted molar refractivity (Wildman–Crippen MR) is 106 cm³/mol. The standard InChI is InChI=1S/C20H26FNO4.C2H6/c1-12(23)22-11-15(24)10-18(22)19(25)5-3-4-13-8-16(13)14-6-7-17(21)20(9-14)26-2;1-2/h6-7,9,13,15-16,18,24H,3-5,8,10-11H2,1-2H3;1-2H3/t13-,15-,16-,18+;/m1./s1. The number of aliphatic hydroxyl groups is 1.